The standard InChI is InChI=1S/C25H24Cl2N2O6S/c1-15-12-18(13-16(2)23(15)26)33-11-5-7-20-19-6-3-4-8-21(19)28-24(20)25(30)29-36(31,32)22-10-9-17(35-22)14-34-27/h3-4,6,8-10,12-13,28H,5,7,11,14H2,1-2H3,(H,29,30). The molecule has 36 heavy (non-hydrogen) atoms. The molecule has 4 rings (SSSR count). The number of nitrogens with one attached hydrogen (secondary N) is 2. The lowest BCUT2D eigenvalue weighted by molar-refractivity contribution is 0.0975. The van der Waals surface area contributed by atoms with Gasteiger partial charge in [0, 0.05) is 15.9 Å². The quantitative estimate of drug-likeness (QED) is 0.240. The van der Waals surface area contributed by atoms with E-state index in [1.807, 2.05) is 50.2 Å². The molecule has 2 heterocycles. The molecule has 0 radical (unpaired) electrons. The molecule has 0 aliphatic carbocycles. The van der Waals surface area contributed by atoms with E-state index in [4.69, 9.17) is 32.6 Å². The van der Waals surface area contributed by atoms with Crippen LogP contribution in [-0.2, 0) is 27.3 Å². The van der Waals surface area contributed by atoms with Gasteiger partial charge < -0.3 is 14.1 Å². The van der Waals surface area contributed by atoms with Crippen LogP contribution in [0.5, 0.6) is 5.75 Å². The van der Waals surface area contributed by atoms with Gasteiger partial charge in [0.15, 0.2) is 0 Å². The zero-order chi connectivity index (χ0) is 25.9. The summed E-state index contributed by atoms with van der Waals surface area (Å²) in [6.45, 7) is 4.12. The monoisotopic (exact) mass is 550 g/mol. The summed E-state index contributed by atoms with van der Waals surface area (Å²) in [6, 6.07) is 13.8. The lowest BCUT2D eigenvalue weighted by atomic mass is 10.1. The number of aromatic nitrogens is 1. The number of aryl methyl sites for hydroxylation is 3. The van der Waals surface area contributed by atoms with E-state index in [1.54, 1.807) is 0 Å². The summed E-state index contributed by atoms with van der Waals surface area (Å²) < 4.78 is 43.0. The molecular formula is C25H24Cl2N2O6S. The van der Waals surface area contributed by atoms with Gasteiger partial charge in [-0.3, -0.25) is 9.08 Å². The minimum atomic E-state index is -4.25. The normalized spacial score (nSPS) is 11.7. The number of amides is 1. The van der Waals surface area contributed by atoms with Crippen LogP contribution in [0.1, 0.15) is 39.4 Å². The van der Waals surface area contributed by atoms with Crippen LogP contribution < -0.4 is 9.46 Å². The van der Waals surface area contributed by atoms with Gasteiger partial charge in [-0.1, -0.05) is 29.8 Å². The van der Waals surface area contributed by atoms with Crippen molar-refractivity contribution in [2.45, 2.75) is 38.4 Å². The van der Waals surface area contributed by atoms with E-state index in [2.05, 4.69) is 14.0 Å². The third kappa shape index (κ3) is 5.70. The van der Waals surface area contributed by atoms with Gasteiger partial charge in [0.25, 0.3) is 15.9 Å². The molecule has 2 aromatic carbocycles. The molecule has 0 fully saturated rings. The Bertz CT molecular complexity index is 1490. The van der Waals surface area contributed by atoms with Crippen molar-refractivity contribution in [3.8, 4) is 5.75 Å². The Morgan fingerprint density at radius 2 is 1.83 bits per heavy atom. The summed E-state index contributed by atoms with van der Waals surface area (Å²) >= 11 is 11.4. The molecule has 0 saturated carbocycles. The Labute approximate surface area is 218 Å². The number of ether oxygens (including phenoxy) is 1. The predicted molar refractivity (Wildman–Crippen MR) is 137 cm³/mol. The van der Waals surface area contributed by atoms with Crippen LogP contribution in [0.4, 0.5) is 0 Å². The number of hydrogen-bond donors (Lipinski definition) is 2. The number of fused-ring (bicyclic) bond motifs is 1. The van der Waals surface area contributed by atoms with Crippen molar-refractivity contribution in [1.29, 1.82) is 0 Å². The van der Waals surface area contributed by atoms with Crippen molar-refractivity contribution in [2.24, 2.45) is 0 Å². The highest BCUT2D eigenvalue weighted by atomic mass is 35.5. The Balaban J connectivity index is 1.50. The number of furan rings is 1. The zero-order valence-electron chi connectivity index (χ0n) is 19.6. The highest BCUT2D eigenvalue weighted by Gasteiger charge is 2.26. The molecule has 4 aromatic rings. The summed E-state index contributed by atoms with van der Waals surface area (Å²) in [7, 11) is -4.25. The average Bonchev–Trinajstić information content (AvgIpc) is 3.46. The molecular weight excluding hydrogens is 527 g/mol. The number of hydrogen-bond acceptors (Lipinski definition) is 6. The maximum absolute atomic E-state index is 13.1. The van der Waals surface area contributed by atoms with Crippen LogP contribution in [0.2, 0.25) is 5.02 Å². The van der Waals surface area contributed by atoms with Gasteiger partial charge in [0.1, 0.15) is 23.8 Å². The first-order chi connectivity index (χ1) is 17.2. The third-order valence-corrected chi connectivity index (χ3v) is 7.52. The van der Waals surface area contributed by atoms with Gasteiger partial charge >= 0.3 is 0 Å². The van der Waals surface area contributed by atoms with E-state index in [1.165, 1.54) is 12.1 Å². The smallest absolute Gasteiger partial charge is 0.297 e. The number of rotatable bonds is 10. The molecule has 0 bridgehead atoms. The second-order valence-corrected chi connectivity index (χ2v) is 10.5. The van der Waals surface area contributed by atoms with Crippen molar-refractivity contribution >= 4 is 50.3 Å². The summed E-state index contributed by atoms with van der Waals surface area (Å²) in [5, 5.41) is 1.13. The fourth-order valence-corrected chi connectivity index (χ4v) is 5.07. The topological polar surface area (TPSA) is 111 Å². The van der Waals surface area contributed by atoms with Crippen molar-refractivity contribution < 1.29 is 26.7 Å². The van der Waals surface area contributed by atoms with Crippen LogP contribution in [0.3, 0.4) is 0 Å². The average molecular weight is 551 g/mol. The van der Waals surface area contributed by atoms with Crippen molar-refractivity contribution in [3.05, 3.63) is 81.7 Å². The number of sulfonamides is 1. The molecule has 0 spiro atoms. The molecule has 190 valence electrons. The number of carbonyl (C=O) groups excluding carboxylic acids is 1. The Morgan fingerprint density at radius 3 is 2.56 bits per heavy atom. The minimum absolute atomic E-state index is 0.117. The van der Waals surface area contributed by atoms with Gasteiger partial charge in [0.2, 0.25) is 5.09 Å². The summed E-state index contributed by atoms with van der Waals surface area (Å²) in [4.78, 5) is 16.1. The van der Waals surface area contributed by atoms with Gasteiger partial charge in [0.05, 0.1) is 18.5 Å². The zero-order valence-corrected chi connectivity index (χ0v) is 21.9. The van der Waals surface area contributed by atoms with E-state index in [9.17, 15) is 13.2 Å². The summed E-state index contributed by atoms with van der Waals surface area (Å²) in [6.07, 6.45) is 1.08. The second kappa shape index (κ2) is 11.0. The van der Waals surface area contributed by atoms with E-state index >= 15 is 0 Å². The van der Waals surface area contributed by atoms with Gasteiger partial charge in [-0.15, -0.1) is 0 Å². The van der Waals surface area contributed by atoms with E-state index in [-0.39, 0.29) is 18.1 Å². The first kappa shape index (κ1) is 26.1. The number of aromatic amines is 1. The van der Waals surface area contributed by atoms with Crippen molar-refractivity contribution in [1.82, 2.24) is 9.71 Å². The third-order valence-electron chi connectivity index (χ3n) is 5.62. The predicted octanol–water partition coefficient (Wildman–Crippen LogP) is 5.83. The number of para-hydroxylation sites is 1. The first-order valence-corrected chi connectivity index (χ1v) is 13.2. The first-order valence-electron chi connectivity index (χ1n) is 11.1. The fourth-order valence-electron chi connectivity index (χ4n) is 3.94. The van der Waals surface area contributed by atoms with E-state index < -0.39 is 21.0 Å². The number of H-pyrrole nitrogens is 1. The SMILES string of the molecule is Cc1cc(OCCCc2c(C(=O)NS(=O)(=O)c3ccc(COCl)o3)[nH]c3ccccc23)cc(C)c1Cl. The molecule has 0 aliphatic heterocycles. The molecule has 2 aromatic heterocycles. The van der Waals surface area contributed by atoms with Crippen LogP contribution in [0.25, 0.3) is 10.9 Å². The van der Waals surface area contributed by atoms with Crippen LogP contribution in [0.15, 0.2) is 58.0 Å². The lowest BCUT2D eigenvalue weighted by Gasteiger charge is -2.10. The molecule has 0 atom stereocenters. The van der Waals surface area contributed by atoms with E-state index in [0.29, 0.717) is 30.0 Å². The Hall–Kier alpha value is -2.98. The van der Waals surface area contributed by atoms with Gasteiger partial charge in [-0.05, 0) is 73.7 Å². The molecule has 0 saturated heterocycles. The minimum Gasteiger partial charge on any atom is -0.494 e. The molecule has 11 heteroatoms. The lowest BCUT2D eigenvalue weighted by Crippen LogP contribution is -2.31. The molecule has 8 nitrogen and oxygen atoms in total. The van der Waals surface area contributed by atoms with Crippen LogP contribution in [0, 0.1) is 13.8 Å². The van der Waals surface area contributed by atoms with Gasteiger partial charge in [-0.25, -0.2) is 4.72 Å². The molecule has 0 aliphatic rings. The molecule has 1 amide bonds. The fraction of sp³-hybridized carbons (Fsp3) is 0.240. The molecule has 0 unspecified atom stereocenters. The maximum Gasteiger partial charge on any atom is 0.297 e. The highest BCUT2D eigenvalue weighted by molar-refractivity contribution is 7.90. The largest absolute Gasteiger partial charge is 0.494 e. The number of carbonyl (C=O) groups is 1. The number of halogens is 2. The Morgan fingerprint density at radius 1 is 1.11 bits per heavy atom. The van der Waals surface area contributed by atoms with E-state index in [0.717, 1.165) is 27.8 Å². The van der Waals surface area contributed by atoms with Crippen molar-refractivity contribution in [2.75, 3.05) is 6.61 Å². The molecule has 2 N–H and O–H groups in total. The number of benzene rings is 2. The van der Waals surface area contributed by atoms with Crippen LogP contribution >= 0.6 is 23.5 Å². The maximum atomic E-state index is 13.1. The second-order valence-electron chi connectivity index (χ2n) is 8.26. The highest BCUT2D eigenvalue weighted by Crippen LogP contribution is 2.27. The summed E-state index contributed by atoms with van der Waals surface area (Å²) in [5.41, 5.74) is 3.44. The Kier molecular flexibility index (Phi) is 7.94. The van der Waals surface area contributed by atoms with Gasteiger partial charge in [-0.2, -0.15) is 8.42 Å². The van der Waals surface area contributed by atoms with Crippen LogP contribution in [-0.4, -0.2) is 25.9 Å². The summed E-state index contributed by atoms with van der Waals surface area (Å²) in [5.74, 6) is 0.127. The van der Waals surface area contributed by atoms with Crippen molar-refractivity contribution in [3.63, 3.8) is 0 Å².